The summed E-state index contributed by atoms with van der Waals surface area (Å²) in [5, 5.41) is -0.164. The first-order valence-corrected chi connectivity index (χ1v) is 8.36. The number of hydrogen-bond donors (Lipinski definition) is 0. The van der Waals surface area contributed by atoms with Crippen molar-refractivity contribution in [2.45, 2.75) is 27.7 Å². The Morgan fingerprint density at radius 1 is 1.19 bits per heavy atom. The molecule has 0 radical (unpaired) electrons. The third-order valence-corrected chi connectivity index (χ3v) is 4.52. The van der Waals surface area contributed by atoms with E-state index in [1.807, 2.05) is 0 Å². The van der Waals surface area contributed by atoms with Crippen LogP contribution in [0.15, 0.2) is 21.9 Å². The first kappa shape index (κ1) is 17.7. The summed E-state index contributed by atoms with van der Waals surface area (Å²) >= 11 is 0. The summed E-state index contributed by atoms with van der Waals surface area (Å²) < 4.78 is 33.5. The maximum atomic E-state index is 12.8. The van der Waals surface area contributed by atoms with Gasteiger partial charge < -0.3 is 18.2 Å². The van der Waals surface area contributed by atoms with Crippen molar-refractivity contribution >= 4 is 19.6 Å². The topological polar surface area (TPSA) is 75.0 Å². The summed E-state index contributed by atoms with van der Waals surface area (Å²) in [4.78, 5) is 12.1. The fourth-order valence-electron chi connectivity index (χ4n) is 1.64. The van der Waals surface area contributed by atoms with E-state index in [1.54, 1.807) is 39.8 Å². The average Bonchev–Trinajstić information content (AvgIpc) is 2.82. The van der Waals surface area contributed by atoms with Gasteiger partial charge in [0.05, 0.1) is 19.8 Å². The molecule has 0 bridgehead atoms. The molecule has 0 aliphatic rings. The molecule has 1 rings (SSSR count). The number of carbonyl (C=O) groups is 1. The fourth-order valence-corrected chi connectivity index (χ4v) is 3.24. The molecule has 0 aliphatic heterocycles. The number of ether oxygens (including phenoxy) is 1. The molecule has 21 heavy (non-hydrogen) atoms. The number of esters is 1. The standard InChI is InChI=1S/C14H21O6P/c1-5-17-14(15)13(10-12-9-8-11(4)20-12)21(16,18-6-2)19-7-3/h8-10H,5-7H2,1-4H3/b13-10+. The maximum absolute atomic E-state index is 12.8. The van der Waals surface area contributed by atoms with Gasteiger partial charge in [0.15, 0.2) is 5.31 Å². The summed E-state index contributed by atoms with van der Waals surface area (Å²) in [5.74, 6) is 0.319. The summed E-state index contributed by atoms with van der Waals surface area (Å²) in [7, 11) is -3.74. The lowest BCUT2D eigenvalue weighted by atomic mass is 10.4. The van der Waals surface area contributed by atoms with Crippen LogP contribution in [0.25, 0.3) is 6.08 Å². The van der Waals surface area contributed by atoms with E-state index in [0.29, 0.717) is 11.5 Å². The van der Waals surface area contributed by atoms with Crippen molar-refractivity contribution in [1.29, 1.82) is 0 Å². The van der Waals surface area contributed by atoms with E-state index < -0.39 is 13.6 Å². The molecule has 1 aromatic heterocycles. The van der Waals surface area contributed by atoms with E-state index in [1.165, 1.54) is 6.08 Å². The third-order valence-electron chi connectivity index (χ3n) is 2.42. The maximum Gasteiger partial charge on any atom is 0.368 e. The Hall–Kier alpha value is -1.36. The van der Waals surface area contributed by atoms with Crippen LogP contribution in [-0.4, -0.2) is 25.8 Å². The van der Waals surface area contributed by atoms with Crippen molar-refractivity contribution in [3.05, 3.63) is 29.0 Å². The Balaban J connectivity index is 3.26. The largest absolute Gasteiger partial charge is 0.462 e. The van der Waals surface area contributed by atoms with Gasteiger partial charge in [-0.05, 0) is 39.8 Å². The van der Waals surface area contributed by atoms with Crippen LogP contribution in [0.2, 0.25) is 0 Å². The number of carbonyl (C=O) groups excluding carboxylic acids is 1. The molecule has 0 fully saturated rings. The van der Waals surface area contributed by atoms with Crippen LogP contribution < -0.4 is 0 Å². The molecule has 0 amide bonds. The Morgan fingerprint density at radius 2 is 1.81 bits per heavy atom. The Morgan fingerprint density at radius 3 is 2.24 bits per heavy atom. The number of rotatable bonds is 8. The smallest absolute Gasteiger partial charge is 0.368 e. The molecule has 0 unspecified atom stereocenters. The predicted molar refractivity (Wildman–Crippen MR) is 78.9 cm³/mol. The van der Waals surface area contributed by atoms with E-state index in [-0.39, 0.29) is 25.1 Å². The van der Waals surface area contributed by atoms with Gasteiger partial charge in [-0.2, -0.15) is 0 Å². The van der Waals surface area contributed by atoms with E-state index in [0.717, 1.165) is 0 Å². The van der Waals surface area contributed by atoms with Crippen LogP contribution in [0, 0.1) is 6.92 Å². The van der Waals surface area contributed by atoms with Crippen molar-refractivity contribution in [3.63, 3.8) is 0 Å². The minimum absolute atomic E-state index is 0.144. The van der Waals surface area contributed by atoms with Crippen molar-refractivity contribution in [3.8, 4) is 0 Å². The zero-order valence-corrected chi connectivity index (χ0v) is 13.6. The second-order valence-electron chi connectivity index (χ2n) is 4.03. The van der Waals surface area contributed by atoms with Crippen LogP contribution in [0.3, 0.4) is 0 Å². The molecule has 0 saturated carbocycles. The van der Waals surface area contributed by atoms with Crippen molar-refractivity contribution in [1.82, 2.24) is 0 Å². The fraction of sp³-hybridized carbons (Fsp3) is 0.500. The molecule has 0 aromatic carbocycles. The second kappa shape index (κ2) is 8.17. The molecule has 1 heterocycles. The van der Waals surface area contributed by atoms with E-state index >= 15 is 0 Å². The minimum Gasteiger partial charge on any atom is -0.462 e. The Kier molecular flexibility index (Phi) is 6.89. The van der Waals surface area contributed by atoms with Crippen LogP contribution in [-0.2, 0) is 23.1 Å². The zero-order valence-electron chi connectivity index (χ0n) is 12.8. The Bertz CT molecular complexity index is 535. The van der Waals surface area contributed by atoms with Crippen LogP contribution in [0.5, 0.6) is 0 Å². The van der Waals surface area contributed by atoms with Gasteiger partial charge in [-0.15, -0.1) is 0 Å². The molecular formula is C14H21O6P. The quantitative estimate of drug-likeness (QED) is 0.413. The molecule has 0 N–H and O–H groups in total. The molecule has 7 heteroatoms. The average molecular weight is 316 g/mol. The summed E-state index contributed by atoms with van der Waals surface area (Å²) in [5.41, 5.74) is 0. The summed E-state index contributed by atoms with van der Waals surface area (Å²) in [6.07, 6.45) is 1.34. The molecule has 0 atom stereocenters. The highest BCUT2D eigenvalue weighted by Crippen LogP contribution is 2.57. The second-order valence-corrected chi connectivity index (χ2v) is 6.02. The van der Waals surface area contributed by atoms with Gasteiger partial charge >= 0.3 is 13.6 Å². The van der Waals surface area contributed by atoms with Crippen molar-refractivity contribution in [2.75, 3.05) is 19.8 Å². The minimum atomic E-state index is -3.74. The number of hydrogen-bond acceptors (Lipinski definition) is 6. The van der Waals surface area contributed by atoms with Gasteiger partial charge in [-0.1, -0.05) is 0 Å². The molecule has 0 saturated heterocycles. The van der Waals surface area contributed by atoms with E-state index in [2.05, 4.69) is 0 Å². The normalized spacial score (nSPS) is 12.5. The lowest BCUT2D eigenvalue weighted by Crippen LogP contribution is -2.11. The van der Waals surface area contributed by atoms with Gasteiger partial charge in [-0.25, -0.2) is 4.79 Å². The summed E-state index contributed by atoms with van der Waals surface area (Å²) in [6, 6.07) is 3.40. The molecule has 0 aliphatic carbocycles. The van der Waals surface area contributed by atoms with Gasteiger partial charge in [-0.3, -0.25) is 4.57 Å². The lowest BCUT2D eigenvalue weighted by Gasteiger charge is -2.18. The number of aryl methyl sites for hydroxylation is 1. The highest BCUT2D eigenvalue weighted by Gasteiger charge is 2.36. The SMILES string of the molecule is CCOC(=O)/C(=C\c1ccc(C)o1)P(=O)(OCC)OCC. The van der Waals surface area contributed by atoms with Gasteiger partial charge in [0.1, 0.15) is 11.5 Å². The lowest BCUT2D eigenvalue weighted by molar-refractivity contribution is -0.137. The van der Waals surface area contributed by atoms with Gasteiger partial charge in [0, 0.05) is 6.08 Å². The highest BCUT2D eigenvalue weighted by molar-refractivity contribution is 7.60. The first-order chi connectivity index (χ1) is 9.96. The molecule has 6 nitrogen and oxygen atoms in total. The van der Waals surface area contributed by atoms with Crippen LogP contribution in [0.4, 0.5) is 0 Å². The van der Waals surface area contributed by atoms with Crippen molar-refractivity contribution < 1.29 is 27.6 Å². The van der Waals surface area contributed by atoms with E-state index in [9.17, 15) is 9.36 Å². The van der Waals surface area contributed by atoms with Crippen molar-refractivity contribution in [2.24, 2.45) is 0 Å². The molecule has 0 spiro atoms. The monoisotopic (exact) mass is 316 g/mol. The third kappa shape index (κ3) is 4.84. The zero-order chi connectivity index (χ0) is 15.9. The van der Waals surface area contributed by atoms with E-state index in [4.69, 9.17) is 18.2 Å². The van der Waals surface area contributed by atoms with Crippen LogP contribution >= 0.6 is 7.60 Å². The molecule has 118 valence electrons. The van der Waals surface area contributed by atoms with Gasteiger partial charge in [0.2, 0.25) is 0 Å². The van der Waals surface area contributed by atoms with Crippen LogP contribution in [0.1, 0.15) is 32.3 Å². The highest BCUT2D eigenvalue weighted by atomic mass is 31.2. The van der Waals surface area contributed by atoms with Gasteiger partial charge in [0.25, 0.3) is 0 Å². The summed E-state index contributed by atoms with van der Waals surface area (Å²) in [6.45, 7) is 7.23. The molecule has 1 aromatic rings. The predicted octanol–water partition coefficient (Wildman–Crippen LogP) is 3.76. The number of furan rings is 1. The molecular weight excluding hydrogens is 295 g/mol. The Labute approximate surface area is 124 Å². The first-order valence-electron chi connectivity index (χ1n) is 6.81.